The Bertz CT molecular complexity index is 420. The van der Waals surface area contributed by atoms with Gasteiger partial charge in [0.1, 0.15) is 17.2 Å². The molecular weight excluding hydrogens is 256 g/mol. The molecule has 1 aromatic rings. The van der Waals surface area contributed by atoms with Crippen LogP contribution >= 0.6 is 0 Å². The van der Waals surface area contributed by atoms with Crippen molar-refractivity contribution in [3.63, 3.8) is 0 Å². The molecule has 2 rings (SSSR count). The lowest BCUT2D eigenvalue weighted by Crippen LogP contribution is -2.33. The van der Waals surface area contributed by atoms with E-state index in [1.165, 1.54) is 6.42 Å². The van der Waals surface area contributed by atoms with Crippen molar-refractivity contribution in [3.8, 4) is 17.2 Å². The van der Waals surface area contributed by atoms with Crippen LogP contribution in [0.5, 0.6) is 17.2 Å². The van der Waals surface area contributed by atoms with E-state index < -0.39 is 0 Å². The summed E-state index contributed by atoms with van der Waals surface area (Å²) in [6, 6.07) is 4.36. The first-order valence-corrected chi connectivity index (χ1v) is 6.89. The third kappa shape index (κ3) is 3.16. The molecule has 5 heteroatoms. The van der Waals surface area contributed by atoms with Gasteiger partial charge in [-0.2, -0.15) is 0 Å². The standard InChI is InChI=1S/C15H24N2O3/c1-17(11-5-6-16-9-11)10-13-14(19-3)7-12(18-2)8-15(13)20-4/h7-8,11,16H,5-6,9-10H2,1-4H3. The highest BCUT2D eigenvalue weighted by atomic mass is 16.5. The molecule has 20 heavy (non-hydrogen) atoms. The molecule has 0 aromatic heterocycles. The zero-order valence-electron chi connectivity index (χ0n) is 12.7. The predicted molar refractivity (Wildman–Crippen MR) is 78.8 cm³/mol. The van der Waals surface area contributed by atoms with Crippen LogP contribution in [0.15, 0.2) is 12.1 Å². The van der Waals surface area contributed by atoms with Gasteiger partial charge in [0, 0.05) is 31.3 Å². The average Bonchev–Trinajstić information content (AvgIpc) is 3.01. The summed E-state index contributed by atoms with van der Waals surface area (Å²) < 4.78 is 16.3. The highest BCUT2D eigenvalue weighted by molar-refractivity contribution is 5.50. The number of ether oxygens (including phenoxy) is 3. The fourth-order valence-corrected chi connectivity index (χ4v) is 2.63. The van der Waals surface area contributed by atoms with Crippen molar-refractivity contribution < 1.29 is 14.2 Å². The van der Waals surface area contributed by atoms with E-state index in [2.05, 4.69) is 17.3 Å². The minimum Gasteiger partial charge on any atom is -0.496 e. The molecule has 0 spiro atoms. The molecule has 5 nitrogen and oxygen atoms in total. The summed E-state index contributed by atoms with van der Waals surface area (Å²) in [7, 11) is 7.13. The predicted octanol–water partition coefficient (Wildman–Crippen LogP) is 1.51. The van der Waals surface area contributed by atoms with Gasteiger partial charge in [-0.1, -0.05) is 0 Å². The molecule has 1 heterocycles. The average molecular weight is 280 g/mol. The zero-order valence-corrected chi connectivity index (χ0v) is 12.7. The zero-order chi connectivity index (χ0) is 14.5. The fraction of sp³-hybridized carbons (Fsp3) is 0.600. The number of nitrogens with zero attached hydrogens (tertiary/aromatic N) is 1. The first-order valence-electron chi connectivity index (χ1n) is 6.89. The van der Waals surface area contributed by atoms with Crippen molar-refractivity contribution in [2.45, 2.75) is 19.0 Å². The van der Waals surface area contributed by atoms with Crippen LogP contribution in [-0.4, -0.2) is 52.4 Å². The van der Waals surface area contributed by atoms with Crippen LogP contribution in [0.3, 0.4) is 0 Å². The van der Waals surface area contributed by atoms with E-state index in [9.17, 15) is 0 Å². The molecule has 1 fully saturated rings. The Labute approximate surface area is 120 Å². The van der Waals surface area contributed by atoms with Crippen molar-refractivity contribution in [2.75, 3.05) is 41.5 Å². The van der Waals surface area contributed by atoms with E-state index in [0.29, 0.717) is 6.04 Å². The van der Waals surface area contributed by atoms with Crippen LogP contribution in [0.2, 0.25) is 0 Å². The van der Waals surface area contributed by atoms with Gasteiger partial charge in [0.2, 0.25) is 0 Å². The molecule has 0 saturated carbocycles. The third-order valence-corrected chi connectivity index (χ3v) is 3.88. The summed E-state index contributed by atoms with van der Waals surface area (Å²) in [5, 5.41) is 3.39. The van der Waals surface area contributed by atoms with E-state index in [1.54, 1.807) is 21.3 Å². The molecule has 1 aliphatic rings. The molecule has 0 amide bonds. The van der Waals surface area contributed by atoms with Crippen LogP contribution in [0.25, 0.3) is 0 Å². The number of rotatable bonds is 6. The summed E-state index contributed by atoms with van der Waals surface area (Å²) in [6.45, 7) is 2.92. The Morgan fingerprint density at radius 3 is 2.25 bits per heavy atom. The lowest BCUT2D eigenvalue weighted by Gasteiger charge is -2.25. The maximum absolute atomic E-state index is 5.49. The third-order valence-electron chi connectivity index (χ3n) is 3.88. The number of likely N-dealkylation sites (N-methyl/N-ethyl adjacent to an activating group) is 1. The molecule has 0 bridgehead atoms. The van der Waals surface area contributed by atoms with E-state index in [-0.39, 0.29) is 0 Å². The first kappa shape index (κ1) is 14.9. The first-order chi connectivity index (χ1) is 9.69. The lowest BCUT2D eigenvalue weighted by molar-refractivity contribution is 0.240. The summed E-state index contributed by atoms with van der Waals surface area (Å²) in [6.07, 6.45) is 1.18. The smallest absolute Gasteiger partial charge is 0.130 e. The van der Waals surface area contributed by atoms with Crippen LogP contribution in [0.4, 0.5) is 0 Å². The second kappa shape index (κ2) is 6.81. The maximum atomic E-state index is 5.49. The molecule has 1 N–H and O–H groups in total. The van der Waals surface area contributed by atoms with Gasteiger partial charge in [-0.15, -0.1) is 0 Å². The number of methoxy groups -OCH3 is 3. The Balaban J connectivity index is 2.24. The van der Waals surface area contributed by atoms with Gasteiger partial charge in [-0.3, -0.25) is 4.90 Å². The Morgan fingerprint density at radius 2 is 1.80 bits per heavy atom. The molecular formula is C15H24N2O3. The van der Waals surface area contributed by atoms with Gasteiger partial charge < -0.3 is 19.5 Å². The number of nitrogens with one attached hydrogen (secondary N) is 1. The number of hydrogen-bond acceptors (Lipinski definition) is 5. The van der Waals surface area contributed by atoms with Crippen molar-refractivity contribution in [1.29, 1.82) is 0 Å². The molecule has 0 aliphatic carbocycles. The normalized spacial score (nSPS) is 18.4. The Hall–Kier alpha value is -1.46. The number of benzene rings is 1. The van der Waals surface area contributed by atoms with Gasteiger partial charge in [0.15, 0.2) is 0 Å². The summed E-state index contributed by atoms with van der Waals surface area (Å²) in [5.74, 6) is 2.35. The van der Waals surface area contributed by atoms with Crippen molar-refractivity contribution in [3.05, 3.63) is 17.7 Å². The maximum Gasteiger partial charge on any atom is 0.130 e. The van der Waals surface area contributed by atoms with Gasteiger partial charge in [-0.25, -0.2) is 0 Å². The van der Waals surface area contributed by atoms with Gasteiger partial charge in [0.05, 0.1) is 26.9 Å². The molecule has 1 aromatic carbocycles. The minimum absolute atomic E-state index is 0.562. The summed E-state index contributed by atoms with van der Waals surface area (Å²) in [5.41, 5.74) is 1.06. The lowest BCUT2D eigenvalue weighted by atomic mass is 10.1. The SMILES string of the molecule is COc1cc(OC)c(CN(C)C2CCNC2)c(OC)c1. The van der Waals surface area contributed by atoms with Crippen LogP contribution < -0.4 is 19.5 Å². The largest absolute Gasteiger partial charge is 0.496 e. The van der Waals surface area contributed by atoms with E-state index in [4.69, 9.17) is 14.2 Å². The van der Waals surface area contributed by atoms with Crippen molar-refractivity contribution in [2.24, 2.45) is 0 Å². The van der Waals surface area contributed by atoms with Crippen LogP contribution in [-0.2, 0) is 6.54 Å². The Morgan fingerprint density at radius 1 is 1.15 bits per heavy atom. The molecule has 1 aliphatic heterocycles. The highest BCUT2D eigenvalue weighted by Crippen LogP contribution is 2.35. The van der Waals surface area contributed by atoms with E-state index >= 15 is 0 Å². The molecule has 1 atom stereocenters. The Kier molecular flexibility index (Phi) is 5.09. The van der Waals surface area contributed by atoms with Crippen molar-refractivity contribution >= 4 is 0 Å². The fourth-order valence-electron chi connectivity index (χ4n) is 2.63. The summed E-state index contributed by atoms with van der Waals surface area (Å²) in [4.78, 5) is 2.34. The second-order valence-corrected chi connectivity index (χ2v) is 5.07. The van der Waals surface area contributed by atoms with Crippen molar-refractivity contribution in [1.82, 2.24) is 10.2 Å². The summed E-state index contributed by atoms with van der Waals surface area (Å²) >= 11 is 0. The molecule has 0 radical (unpaired) electrons. The monoisotopic (exact) mass is 280 g/mol. The quantitative estimate of drug-likeness (QED) is 0.855. The second-order valence-electron chi connectivity index (χ2n) is 5.07. The highest BCUT2D eigenvalue weighted by Gasteiger charge is 2.22. The van der Waals surface area contributed by atoms with Crippen LogP contribution in [0.1, 0.15) is 12.0 Å². The molecule has 1 saturated heterocycles. The topological polar surface area (TPSA) is 43.0 Å². The van der Waals surface area contributed by atoms with Crippen LogP contribution in [0, 0.1) is 0 Å². The van der Waals surface area contributed by atoms with Gasteiger partial charge in [-0.05, 0) is 20.0 Å². The van der Waals surface area contributed by atoms with E-state index in [0.717, 1.165) is 42.4 Å². The molecule has 112 valence electrons. The van der Waals surface area contributed by atoms with Gasteiger partial charge in [0.25, 0.3) is 0 Å². The minimum atomic E-state index is 0.562. The number of hydrogen-bond donors (Lipinski definition) is 1. The van der Waals surface area contributed by atoms with Gasteiger partial charge >= 0.3 is 0 Å². The van der Waals surface area contributed by atoms with E-state index in [1.807, 2.05) is 12.1 Å². The molecule has 1 unspecified atom stereocenters.